The minimum Gasteiger partial charge on any atom is -0.481 e. The lowest BCUT2D eigenvalue weighted by Crippen LogP contribution is -2.24. The number of carboxylic acid groups (broad SMARTS) is 2. The highest BCUT2D eigenvalue weighted by Gasteiger charge is 2.26. The standard InChI is InChI=1S/C10H14N2O4/c11-4-8-7(3-10(15)16)6(5-12-8)1-2-9(13)14/h5,7H,1-4,11H2,(H,13,14)(H,15,16). The molecule has 0 aromatic heterocycles. The topological polar surface area (TPSA) is 113 Å². The molecular weight excluding hydrogens is 212 g/mol. The fourth-order valence-electron chi connectivity index (χ4n) is 1.67. The van der Waals surface area contributed by atoms with Gasteiger partial charge in [0.25, 0.3) is 0 Å². The Kier molecular flexibility index (Phi) is 4.19. The third-order valence-electron chi connectivity index (χ3n) is 2.46. The molecular formula is C10H14N2O4. The summed E-state index contributed by atoms with van der Waals surface area (Å²) in [5, 5.41) is 17.3. The van der Waals surface area contributed by atoms with Gasteiger partial charge in [0.15, 0.2) is 0 Å². The molecule has 0 saturated carbocycles. The minimum absolute atomic E-state index is 0.0185. The number of hydrogen-bond donors (Lipinski definition) is 3. The van der Waals surface area contributed by atoms with Crippen molar-refractivity contribution in [1.82, 2.24) is 0 Å². The average molecular weight is 226 g/mol. The Bertz CT molecular complexity index is 360. The van der Waals surface area contributed by atoms with Crippen molar-refractivity contribution in [3.63, 3.8) is 0 Å². The van der Waals surface area contributed by atoms with E-state index in [0.717, 1.165) is 5.57 Å². The molecule has 1 unspecified atom stereocenters. The molecule has 88 valence electrons. The van der Waals surface area contributed by atoms with Gasteiger partial charge in [-0.05, 0) is 12.0 Å². The summed E-state index contributed by atoms with van der Waals surface area (Å²) in [7, 11) is 0. The molecule has 1 aliphatic heterocycles. The number of nitrogens with two attached hydrogens (primary N) is 1. The van der Waals surface area contributed by atoms with Gasteiger partial charge in [0.2, 0.25) is 0 Å². The maximum Gasteiger partial charge on any atom is 0.304 e. The zero-order valence-electron chi connectivity index (χ0n) is 8.72. The van der Waals surface area contributed by atoms with Crippen LogP contribution in [0.15, 0.2) is 16.8 Å². The van der Waals surface area contributed by atoms with E-state index in [1.807, 2.05) is 0 Å². The summed E-state index contributed by atoms with van der Waals surface area (Å²) in [6.07, 6.45) is 1.76. The van der Waals surface area contributed by atoms with Crippen molar-refractivity contribution in [2.24, 2.45) is 16.6 Å². The Labute approximate surface area is 92.5 Å². The predicted molar refractivity (Wildman–Crippen MR) is 57.2 cm³/mol. The molecule has 0 spiro atoms. The van der Waals surface area contributed by atoms with E-state index >= 15 is 0 Å². The zero-order valence-corrected chi connectivity index (χ0v) is 8.72. The van der Waals surface area contributed by atoms with E-state index in [-0.39, 0.29) is 25.3 Å². The fraction of sp³-hybridized carbons (Fsp3) is 0.500. The summed E-state index contributed by atoms with van der Waals surface area (Å²) >= 11 is 0. The largest absolute Gasteiger partial charge is 0.481 e. The summed E-state index contributed by atoms with van der Waals surface area (Å²) < 4.78 is 0. The third-order valence-corrected chi connectivity index (χ3v) is 2.46. The molecule has 0 amide bonds. The van der Waals surface area contributed by atoms with E-state index in [1.165, 1.54) is 0 Å². The van der Waals surface area contributed by atoms with Gasteiger partial charge in [-0.2, -0.15) is 0 Å². The summed E-state index contributed by atoms with van der Waals surface area (Å²) in [5.74, 6) is -2.17. The predicted octanol–water partition coefficient (Wildman–Crippen LogP) is 0.239. The quantitative estimate of drug-likeness (QED) is 0.600. The summed E-state index contributed by atoms with van der Waals surface area (Å²) in [5.41, 5.74) is 6.80. The van der Waals surface area contributed by atoms with Gasteiger partial charge in [-0.1, -0.05) is 0 Å². The normalized spacial score (nSPS) is 19.2. The number of rotatable bonds is 6. The molecule has 0 aromatic carbocycles. The zero-order chi connectivity index (χ0) is 12.1. The van der Waals surface area contributed by atoms with Gasteiger partial charge in [0.05, 0.1) is 6.42 Å². The molecule has 1 atom stereocenters. The molecule has 0 fully saturated rings. The average Bonchev–Trinajstić information content (AvgIpc) is 2.56. The van der Waals surface area contributed by atoms with Crippen LogP contribution in [-0.2, 0) is 9.59 Å². The van der Waals surface area contributed by atoms with E-state index in [4.69, 9.17) is 15.9 Å². The van der Waals surface area contributed by atoms with Crippen LogP contribution in [0.2, 0.25) is 0 Å². The van der Waals surface area contributed by atoms with Crippen LogP contribution in [0.4, 0.5) is 0 Å². The molecule has 1 rings (SSSR count). The SMILES string of the molecule is NCC1=NC=C(CCC(=O)O)C1CC(=O)O. The van der Waals surface area contributed by atoms with Gasteiger partial charge in [-0.25, -0.2) is 0 Å². The van der Waals surface area contributed by atoms with Crippen molar-refractivity contribution in [1.29, 1.82) is 0 Å². The highest BCUT2D eigenvalue weighted by Crippen LogP contribution is 2.26. The van der Waals surface area contributed by atoms with Crippen LogP contribution in [0.1, 0.15) is 19.3 Å². The second kappa shape index (κ2) is 5.41. The first-order chi connectivity index (χ1) is 7.54. The fourth-order valence-corrected chi connectivity index (χ4v) is 1.67. The molecule has 1 aliphatic rings. The van der Waals surface area contributed by atoms with E-state index in [0.29, 0.717) is 12.1 Å². The Morgan fingerprint density at radius 3 is 2.56 bits per heavy atom. The van der Waals surface area contributed by atoms with Crippen molar-refractivity contribution in [2.45, 2.75) is 19.3 Å². The maximum absolute atomic E-state index is 10.7. The second-order valence-electron chi connectivity index (χ2n) is 3.57. The highest BCUT2D eigenvalue weighted by molar-refractivity contribution is 5.95. The summed E-state index contributed by atoms with van der Waals surface area (Å²) in [4.78, 5) is 25.1. The van der Waals surface area contributed by atoms with E-state index in [9.17, 15) is 9.59 Å². The molecule has 0 radical (unpaired) electrons. The first kappa shape index (κ1) is 12.4. The van der Waals surface area contributed by atoms with Crippen molar-refractivity contribution in [3.05, 3.63) is 11.8 Å². The van der Waals surface area contributed by atoms with Gasteiger partial charge >= 0.3 is 11.9 Å². The molecule has 0 aromatic rings. The molecule has 0 saturated heterocycles. The third kappa shape index (κ3) is 3.16. The van der Waals surface area contributed by atoms with Crippen LogP contribution in [0.3, 0.4) is 0 Å². The first-order valence-electron chi connectivity index (χ1n) is 4.93. The molecule has 0 bridgehead atoms. The number of aliphatic carboxylic acids is 2. The lowest BCUT2D eigenvalue weighted by atomic mass is 9.90. The number of allylic oxidation sites excluding steroid dienone is 1. The second-order valence-corrected chi connectivity index (χ2v) is 3.57. The van der Waals surface area contributed by atoms with Gasteiger partial charge in [0.1, 0.15) is 0 Å². The Morgan fingerprint density at radius 2 is 2.06 bits per heavy atom. The molecule has 16 heavy (non-hydrogen) atoms. The number of carboxylic acids is 2. The molecule has 4 N–H and O–H groups in total. The number of carbonyl (C=O) groups is 2. The van der Waals surface area contributed by atoms with Crippen LogP contribution in [0.5, 0.6) is 0 Å². The Morgan fingerprint density at radius 1 is 1.38 bits per heavy atom. The number of hydrogen-bond acceptors (Lipinski definition) is 4. The van der Waals surface area contributed by atoms with Crippen molar-refractivity contribution < 1.29 is 19.8 Å². The number of nitrogens with zero attached hydrogens (tertiary/aromatic N) is 1. The van der Waals surface area contributed by atoms with Crippen LogP contribution in [0, 0.1) is 5.92 Å². The summed E-state index contributed by atoms with van der Waals surface area (Å²) in [6, 6.07) is 0. The van der Waals surface area contributed by atoms with Gasteiger partial charge < -0.3 is 15.9 Å². The van der Waals surface area contributed by atoms with Crippen molar-refractivity contribution >= 4 is 17.7 Å². The minimum atomic E-state index is -0.936. The van der Waals surface area contributed by atoms with Gasteiger partial charge in [0, 0.05) is 30.8 Å². The van der Waals surface area contributed by atoms with Crippen molar-refractivity contribution in [2.75, 3.05) is 6.54 Å². The monoisotopic (exact) mass is 226 g/mol. The molecule has 6 heteroatoms. The Hall–Kier alpha value is -1.69. The van der Waals surface area contributed by atoms with Crippen LogP contribution < -0.4 is 5.73 Å². The first-order valence-corrected chi connectivity index (χ1v) is 4.93. The van der Waals surface area contributed by atoms with Crippen LogP contribution in [0.25, 0.3) is 0 Å². The highest BCUT2D eigenvalue weighted by atomic mass is 16.4. The molecule has 6 nitrogen and oxygen atoms in total. The van der Waals surface area contributed by atoms with E-state index in [2.05, 4.69) is 4.99 Å². The van der Waals surface area contributed by atoms with Crippen LogP contribution >= 0.6 is 0 Å². The molecule has 0 aliphatic carbocycles. The van der Waals surface area contributed by atoms with Gasteiger partial charge in [-0.3, -0.25) is 14.6 Å². The van der Waals surface area contributed by atoms with E-state index in [1.54, 1.807) is 6.20 Å². The summed E-state index contributed by atoms with van der Waals surface area (Å²) in [6.45, 7) is 0.199. The van der Waals surface area contributed by atoms with E-state index < -0.39 is 11.9 Å². The number of aliphatic imine (C=N–C) groups is 1. The maximum atomic E-state index is 10.7. The Balaban J connectivity index is 2.64. The van der Waals surface area contributed by atoms with Crippen molar-refractivity contribution in [3.8, 4) is 0 Å². The van der Waals surface area contributed by atoms with Gasteiger partial charge in [-0.15, -0.1) is 0 Å². The lowest BCUT2D eigenvalue weighted by Gasteiger charge is -2.13. The van der Waals surface area contributed by atoms with Crippen LogP contribution in [-0.4, -0.2) is 34.4 Å². The molecule has 1 heterocycles. The smallest absolute Gasteiger partial charge is 0.304 e. The lowest BCUT2D eigenvalue weighted by molar-refractivity contribution is -0.137.